The van der Waals surface area contributed by atoms with E-state index in [4.69, 9.17) is 21.1 Å². The number of rotatable bonds is 7. The van der Waals surface area contributed by atoms with Gasteiger partial charge in [0.1, 0.15) is 11.5 Å². The largest absolute Gasteiger partial charge is 0.497 e. The fourth-order valence-corrected chi connectivity index (χ4v) is 3.09. The topological polar surface area (TPSA) is 31.4 Å². The van der Waals surface area contributed by atoms with E-state index >= 15 is 0 Å². The molecule has 4 heteroatoms. The van der Waals surface area contributed by atoms with E-state index in [1.807, 2.05) is 36.4 Å². The van der Waals surface area contributed by atoms with Crippen LogP contribution in [0.3, 0.4) is 0 Å². The fraction of sp³-hybridized carbons (Fsp3) is 0.350. The van der Waals surface area contributed by atoms with Gasteiger partial charge in [-0.2, -0.15) is 0 Å². The number of hydrogen-bond donors (Lipinski definition) is 0. The number of pyridine rings is 1. The molecule has 126 valence electrons. The molecule has 0 saturated carbocycles. The molecular weight excluding hydrogens is 322 g/mol. The molecule has 3 nitrogen and oxygen atoms in total. The highest BCUT2D eigenvalue weighted by Crippen LogP contribution is 2.34. The molecule has 0 radical (unpaired) electrons. The van der Waals surface area contributed by atoms with Gasteiger partial charge in [0.15, 0.2) is 0 Å². The first kappa shape index (κ1) is 16.8. The van der Waals surface area contributed by atoms with Gasteiger partial charge in [0.05, 0.1) is 29.8 Å². The normalized spacial score (nSPS) is 11.1. The molecule has 3 rings (SSSR count). The van der Waals surface area contributed by atoms with Crippen LogP contribution in [0, 0.1) is 0 Å². The lowest BCUT2D eigenvalue weighted by molar-refractivity contribution is 0.305. The van der Waals surface area contributed by atoms with Crippen molar-refractivity contribution in [2.24, 2.45) is 0 Å². The standard InChI is InChI=1S/C20H22ClNO2/c1-3-4-5-6-11-24-15-8-10-19-17(13-15)20(21)16-12-14(23-2)7-9-18(16)22-19/h7-10,12-13H,3-6,11H2,1-2H3. The van der Waals surface area contributed by atoms with Crippen molar-refractivity contribution in [1.82, 2.24) is 4.98 Å². The summed E-state index contributed by atoms with van der Waals surface area (Å²) in [5.74, 6) is 1.61. The van der Waals surface area contributed by atoms with Gasteiger partial charge in [-0.3, -0.25) is 0 Å². The summed E-state index contributed by atoms with van der Waals surface area (Å²) in [5.41, 5.74) is 1.73. The first-order valence-corrected chi connectivity index (χ1v) is 8.80. The van der Waals surface area contributed by atoms with E-state index in [-0.39, 0.29) is 0 Å². The minimum atomic E-state index is 0.685. The number of hydrogen-bond acceptors (Lipinski definition) is 3. The first-order valence-electron chi connectivity index (χ1n) is 8.42. The Kier molecular flexibility index (Phi) is 5.41. The van der Waals surface area contributed by atoms with Crippen LogP contribution < -0.4 is 9.47 Å². The number of unbranched alkanes of at least 4 members (excludes halogenated alkanes) is 3. The van der Waals surface area contributed by atoms with Crippen LogP contribution in [-0.2, 0) is 0 Å². The zero-order chi connectivity index (χ0) is 16.9. The third-order valence-corrected chi connectivity index (χ3v) is 4.56. The van der Waals surface area contributed by atoms with Crippen LogP contribution in [0.15, 0.2) is 36.4 Å². The Bertz CT molecular complexity index is 848. The molecule has 0 saturated heterocycles. The molecule has 0 amide bonds. The predicted octanol–water partition coefficient (Wildman–Crippen LogP) is 6.01. The Morgan fingerprint density at radius 3 is 2.25 bits per heavy atom. The fourth-order valence-electron chi connectivity index (χ4n) is 2.79. The van der Waals surface area contributed by atoms with Crippen LogP contribution in [0.25, 0.3) is 21.8 Å². The van der Waals surface area contributed by atoms with E-state index in [0.29, 0.717) is 5.02 Å². The summed E-state index contributed by atoms with van der Waals surface area (Å²) in [6.07, 6.45) is 4.77. The van der Waals surface area contributed by atoms with Crippen molar-refractivity contribution in [3.05, 3.63) is 41.4 Å². The average Bonchev–Trinajstić information content (AvgIpc) is 2.62. The summed E-state index contributed by atoms with van der Waals surface area (Å²) in [7, 11) is 1.65. The number of ether oxygens (including phenoxy) is 2. The Morgan fingerprint density at radius 2 is 1.58 bits per heavy atom. The van der Waals surface area contributed by atoms with Gasteiger partial charge in [0.2, 0.25) is 0 Å². The Labute approximate surface area is 147 Å². The molecule has 1 heterocycles. The van der Waals surface area contributed by atoms with Gasteiger partial charge in [-0.25, -0.2) is 4.98 Å². The van der Waals surface area contributed by atoms with E-state index in [0.717, 1.165) is 46.3 Å². The number of aromatic nitrogens is 1. The van der Waals surface area contributed by atoms with Gasteiger partial charge in [0, 0.05) is 10.8 Å². The van der Waals surface area contributed by atoms with Crippen LogP contribution >= 0.6 is 11.6 Å². The number of fused-ring (bicyclic) bond motifs is 2. The second-order valence-electron chi connectivity index (χ2n) is 5.90. The Balaban J connectivity index is 1.90. The Hall–Kier alpha value is -2.00. The zero-order valence-corrected chi connectivity index (χ0v) is 14.9. The second kappa shape index (κ2) is 7.71. The van der Waals surface area contributed by atoms with E-state index < -0.39 is 0 Å². The molecule has 0 fully saturated rings. The predicted molar refractivity (Wildman–Crippen MR) is 100 cm³/mol. The monoisotopic (exact) mass is 343 g/mol. The molecule has 3 aromatic rings. The minimum Gasteiger partial charge on any atom is -0.497 e. The highest BCUT2D eigenvalue weighted by Gasteiger charge is 2.09. The molecule has 0 aliphatic heterocycles. The van der Waals surface area contributed by atoms with Gasteiger partial charge < -0.3 is 9.47 Å². The maximum Gasteiger partial charge on any atom is 0.120 e. The van der Waals surface area contributed by atoms with E-state index in [2.05, 4.69) is 11.9 Å². The van der Waals surface area contributed by atoms with Gasteiger partial charge in [0.25, 0.3) is 0 Å². The third-order valence-electron chi connectivity index (χ3n) is 4.15. The van der Waals surface area contributed by atoms with Gasteiger partial charge in [-0.15, -0.1) is 0 Å². The third kappa shape index (κ3) is 3.57. The number of halogens is 1. The van der Waals surface area contributed by atoms with Gasteiger partial charge in [-0.1, -0.05) is 37.8 Å². The molecule has 0 bridgehead atoms. The number of nitrogens with zero attached hydrogens (tertiary/aromatic N) is 1. The Morgan fingerprint density at radius 1 is 0.917 bits per heavy atom. The van der Waals surface area contributed by atoms with Crippen molar-refractivity contribution in [3.63, 3.8) is 0 Å². The number of methoxy groups -OCH3 is 1. The first-order chi connectivity index (χ1) is 11.7. The van der Waals surface area contributed by atoms with E-state index in [1.54, 1.807) is 7.11 Å². The average molecular weight is 344 g/mol. The molecular formula is C20H22ClNO2. The highest BCUT2D eigenvalue weighted by molar-refractivity contribution is 6.40. The SMILES string of the molecule is CCCCCCOc1ccc2nc3ccc(OC)cc3c(Cl)c2c1. The lowest BCUT2D eigenvalue weighted by Gasteiger charge is -2.10. The summed E-state index contributed by atoms with van der Waals surface area (Å²) in [5, 5.41) is 2.48. The summed E-state index contributed by atoms with van der Waals surface area (Å²) in [6, 6.07) is 11.6. The van der Waals surface area contributed by atoms with Crippen molar-refractivity contribution < 1.29 is 9.47 Å². The van der Waals surface area contributed by atoms with Gasteiger partial charge >= 0.3 is 0 Å². The van der Waals surface area contributed by atoms with Crippen molar-refractivity contribution in [2.45, 2.75) is 32.6 Å². The van der Waals surface area contributed by atoms with Crippen LogP contribution in [0.4, 0.5) is 0 Å². The minimum absolute atomic E-state index is 0.685. The summed E-state index contributed by atoms with van der Waals surface area (Å²) in [6.45, 7) is 2.94. The zero-order valence-electron chi connectivity index (χ0n) is 14.1. The molecule has 0 spiro atoms. The summed E-state index contributed by atoms with van der Waals surface area (Å²) in [4.78, 5) is 4.68. The molecule has 2 aromatic carbocycles. The molecule has 0 aliphatic carbocycles. The van der Waals surface area contributed by atoms with Crippen molar-refractivity contribution in [1.29, 1.82) is 0 Å². The molecule has 0 atom stereocenters. The number of benzene rings is 2. The van der Waals surface area contributed by atoms with Crippen LogP contribution in [0.2, 0.25) is 5.02 Å². The maximum absolute atomic E-state index is 6.63. The summed E-state index contributed by atoms with van der Waals surface area (Å²) < 4.78 is 11.1. The van der Waals surface area contributed by atoms with Crippen molar-refractivity contribution >= 4 is 33.4 Å². The summed E-state index contributed by atoms with van der Waals surface area (Å²) >= 11 is 6.63. The lowest BCUT2D eigenvalue weighted by Crippen LogP contribution is -1.97. The second-order valence-corrected chi connectivity index (χ2v) is 6.27. The van der Waals surface area contributed by atoms with Crippen LogP contribution in [-0.4, -0.2) is 18.7 Å². The highest BCUT2D eigenvalue weighted by atomic mass is 35.5. The molecule has 0 N–H and O–H groups in total. The van der Waals surface area contributed by atoms with Crippen molar-refractivity contribution in [3.8, 4) is 11.5 Å². The molecule has 0 aliphatic rings. The van der Waals surface area contributed by atoms with E-state index in [1.165, 1.54) is 19.3 Å². The molecule has 24 heavy (non-hydrogen) atoms. The van der Waals surface area contributed by atoms with Gasteiger partial charge in [-0.05, 0) is 42.8 Å². The molecule has 0 unspecified atom stereocenters. The maximum atomic E-state index is 6.63. The van der Waals surface area contributed by atoms with Crippen LogP contribution in [0.1, 0.15) is 32.6 Å². The molecule has 1 aromatic heterocycles. The smallest absolute Gasteiger partial charge is 0.120 e. The van der Waals surface area contributed by atoms with E-state index in [9.17, 15) is 0 Å². The quantitative estimate of drug-likeness (QED) is 0.389. The van der Waals surface area contributed by atoms with Crippen LogP contribution in [0.5, 0.6) is 11.5 Å². The van der Waals surface area contributed by atoms with Crippen molar-refractivity contribution in [2.75, 3.05) is 13.7 Å². The lowest BCUT2D eigenvalue weighted by atomic mass is 10.1.